The average Bonchev–Trinajstić information content (AvgIpc) is 2.69. The lowest BCUT2D eigenvalue weighted by Gasteiger charge is -2.28. The molecule has 1 aromatic heterocycles. The van der Waals surface area contributed by atoms with Crippen molar-refractivity contribution in [2.45, 2.75) is 52.7 Å². The molecule has 0 bridgehead atoms. The fourth-order valence-corrected chi connectivity index (χ4v) is 3.49. The summed E-state index contributed by atoms with van der Waals surface area (Å²) >= 11 is 0. The molecule has 2 aromatic rings. The molecule has 150 valence electrons. The molecule has 1 aromatic carbocycles. The maximum absolute atomic E-state index is 12.8. The minimum atomic E-state index is -0.892. The summed E-state index contributed by atoms with van der Waals surface area (Å²) in [5, 5.41) is 5.13. The SMILES string of the molecule is CC(C)Cn1nc(C(=O)O[C@H](C)C(=O)N2CCCCC2)c2ccccc2c1=O. The highest BCUT2D eigenvalue weighted by molar-refractivity contribution is 6.02. The van der Waals surface area contributed by atoms with Crippen molar-refractivity contribution in [1.29, 1.82) is 0 Å². The Morgan fingerprint density at radius 3 is 2.36 bits per heavy atom. The third-order valence-corrected chi connectivity index (χ3v) is 4.90. The number of piperidine rings is 1. The van der Waals surface area contributed by atoms with Gasteiger partial charge in [0.05, 0.1) is 5.39 Å². The Hall–Kier alpha value is -2.70. The lowest BCUT2D eigenvalue weighted by atomic mass is 10.1. The van der Waals surface area contributed by atoms with Crippen LogP contribution in [0.3, 0.4) is 0 Å². The van der Waals surface area contributed by atoms with E-state index in [0.717, 1.165) is 19.3 Å². The number of ether oxygens (including phenoxy) is 1. The van der Waals surface area contributed by atoms with Gasteiger partial charge in [-0.05, 0) is 38.2 Å². The smallest absolute Gasteiger partial charge is 0.360 e. The summed E-state index contributed by atoms with van der Waals surface area (Å²) in [5.74, 6) is -0.686. The summed E-state index contributed by atoms with van der Waals surface area (Å²) in [6.07, 6.45) is 2.17. The van der Waals surface area contributed by atoms with Gasteiger partial charge in [0.1, 0.15) is 0 Å². The van der Waals surface area contributed by atoms with Gasteiger partial charge < -0.3 is 9.64 Å². The van der Waals surface area contributed by atoms with Crippen LogP contribution in [0.5, 0.6) is 0 Å². The predicted octanol–water partition coefficient (Wildman–Crippen LogP) is 2.61. The van der Waals surface area contributed by atoms with Crippen LogP contribution in [0, 0.1) is 5.92 Å². The van der Waals surface area contributed by atoms with E-state index < -0.39 is 12.1 Å². The minimum Gasteiger partial charge on any atom is -0.448 e. The molecule has 0 saturated carbocycles. The normalized spacial score (nSPS) is 15.6. The van der Waals surface area contributed by atoms with Crippen molar-refractivity contribution in [3.05, 3.63) is 40.3 Å². The molecule has 7 heteroatoms. The molecule has 1 atom stereocenters. The first-order chi connectivity index (χ1) is 13.4. The van der Waals surface area contributed by atoms with Gasteiger partial charge in [-0.1, -0.05) is 32.0 Å². The zero-order valence-corrected chi connectivity index (χ0v) is 16.7. The van der Waals surface area contributed by atoms with Crippen LogP contribution in [0.4, 0.5) is 0 Å². The van der Waals surface area contributed by atoms with Crippen LogP contribution in [0.1, 0.15) is 50.5 Å². The van der Waals surface area contributed by atoms with Crippen LogP contribution < -0.4 is 5.56 Å². The highest BCUT2D eigenvalue weighted by atomic mass is 16.5. The summed E-state index contributed by atoms with van der Waals surface area (Å²) < 4.78 is 6.76. The summed E-state index contributed by atoms with van der Waals surface area (Å²) in [6.45, 7) is 7.32. The molecule has 0 N–H and O–H groups in total. The first kappa shape index (κ1) is 20.0. The Balaban J connectivity index is 1.89. The van der Waals surface area contributed by atoms with Crippen LogP contribution in [-0.2, 0) is 16.1 Å². The van der Waals surface area contributed by atoms with Crippen LogP contribution in [-0.4, -0.2) is 45.8 Å². The van der Waals surface area contributed by atoms with Gasteiger partial charge in [-0.15, -0.1) is 0 Å². The monoisotopic (exact) mass is 385 g/mol. The molecule has 1 saturated heterocycles. The number of nitrogens with zero attached hydrogens (tertiary/aromatic N) is 3. The molecule has 1 aliphatic rings. The number of benzene rings is 1. The number of hydrogen-bond donors (Lipinski definition) is 0. The van der Waals surface area contributed by atoms with Gasteiger partial charge in [-0.3, -0.25) is 9.59 Å². The number of hydrogen-bond acceptors (Lipinski definition) is 5. The van der Waals surface area contributed by atoms with E-state index in [1.165, 1.54) is 4.68 Å². The molecule has 3 rings (SSSR count). The maximum atomic E-state index is 12.8. The quantitative estimate of drug-likeness (QED) is 0.739. The number of carbonyl (C=O) groups is 2. The molecule has 2 heterocycles. The molecule has 1 fully saturated rings. The lowest BCUT2D eigenvalue weighted by molar-refractivity contribution is -0.140. The van der Waals surface area contributed by atoms with E-state index in [1.54, 1.807) is 36.1 Å². The van der Waals surface area contributed by atoms with Crippen LogP contribution in [0.15, 0.2) is 29.1 Å². The second-order valence-electron chi connectivity index (χ2n) is 7.71. The van der Waals surface area contributed by atoms with Crippen molar-refractivity contribution in [3.63, 3.8) is 0 Å². The Morgan fingerprint density at radius 2 is 1.71 bits per heavy atom. The van der Waals surface area contributed by atoms with E-state index in [1.807, 2.05) is 13.8 Å². The Labute approximate surface area is 164 Å². The van der Waals surface area contributed by atoms with E-state index in [4.69, 9.17) is 4.74 Å². The first-order valence-corrected chi connectivity index (χ1v) is 9.88. The van der Waals surface area contributed by atoms with Crippen molar-refractivity contribution in [2.75, 3.05) is 13.1 Å². The van der Waals surface area contributed by atoms with Crippen LogP contribution in [0.2, 0.25) is 0 Å². The fraction of sp³-hybridized carbons (Fsp3) is 0.524. The van der Waals surface area contributed by atoms with E-state index in [0.29, 0.717) is 30.4 Å². The zero-order chi connectivity index (χ0) is 20.3. The standard InChI is InChI=1S/C21H27N3O4/c1-14(2)13-24-20(26)17-10-6-5-9-16(17)18(22-24)21(27)28-15(3)19(25)23-11-7-4-8-12-23/h5-6,9-10,14-15H,4,7-8,11-13H2,1-3H3/t15-/m1/s1. The van der Waals surface area contributed by atoms with E-state index in [-0.39, 0.29) is 23.1 Å². The van der Waals surface area contributed by atoms with Crippen molar-refractivity contribution >= 4 is 22.6 Å². The number of amides is 1. The molecule has 7 nitrogen and oxygen atoms in total. The number of carbonyl (C=O) groups excluding carboxylic acids is 2. The number of fused-ring (bicyclic) bond motifs is 1. The van der Waals surface area contributed by atoms with Gasteiger partial charge in [0.2, 0.25) is 0 Å². The molecule has 28 heavy (non-hydrogen) atoms. The third-order valence-electron chi connectivity index (χ3n) is 4.90. The van der Waals surface area contributed by atoms with Gasteiger partial charge >= 0.3 is 5.97 Å². The van der Waals surface area contributed by atoms with Crippen molar-refractivity contribution in [3.8, 4) is 0 Å². The molecular formula is C21H27N3O4. The summed E-state index contributed by atoms with van der Waals surface area (Å²) in [7, 11) is 0. The molecule has 0 aliphatic carbocycles. The van der Waals surface area contributed by atoms with Crippen molar-refractivity contribution in [1.82, 2.24) is 14.7 Å². The van der Waals surface area contributed by atoms with Crippen LogP contribution in [0.25, 0.3) is 10.8 Å². The maximum Gasteiger partial charge on any atom is 0.360 e. The van der Waals surface area contributed by atoms with Gasteiger partial charge in [0.15, 0.2) is 11.8 Å². The number of rotatable bonds is 5. The third kappa shape index (κ3) is 4.24. The minimum absolute atomic E-state index is 0.0640. The van der Waals surface area contributed by atoms with E-state index >= 15 is 0 Å². The van der Waals surface area contributed by atoms with Gasteiger partial charge in [0.25, 0.3) is 11.5 Å². The summed E-state index contributed by atoms with van der Waals surface area (Å²) in [4.78, 5) is 39.8. The van der Waals surface area contributed by atoms with Gasteiger partial charge in [-0.25, -0.2) is 9.48 Å². The Bertz CT molecular complexity index is 929. The Kier molecular flexibility index (Phi) is 6.11. The van der Waals surface area contributed by atoms with Crippen LogP contribution >= 0.6 is 0 Å². The molecule has 0 radical (unpaired) electrons. The lowest BCUT2D eigenvalue weighted by Crippen LogP contribution is -2.42. The molecule has 1 aliphatic heterocycles. The highest BCUT2D eigenvalue weighted by Gasteiger charge is 2.27. The molecule has 0 unspecified atom stereocenters. The number of esters is 1. The van der Waals surface area contributed by atoms with Gasteiger partial charge in [0, 0.05) is 25.0 Å². The largest absolute Gasteiger partial charge is 0.448 e. The second kappa shape index (κ2) is 8.54. The topological polar surface area (TPSA) is 81.5 Å². The average molecular weight is 385 g/mol. The number of aromatic nitrogens is 2. The molecular weight excluding hydrogens is 358 g/mol. The Morgan fingerprint density at radius 1 is 1.07 bits per heavy atom. The summed E-state index contributed by atoms with van der Waals surface area (Å²) in [6, 6.07) is 6.85. The first-order valence-electron chi connectivity index (χ1n) is 9.88. The second-order valence-corrected chi connectivity index (χ2v) is 7.71. The highest BCUT2D eigenvalue weighted by Crippen LogP contribution is 2.17. The zero-order valence-electron chi connectivity index (χ0n) is 16.7. The fourth-order valence-electron chi connectivity index (χ4n) is 3.49. The molecule has 0 spiro atoms. The predicted molar refractivity (Wildman–Crippen MR) is 106 cm³/mol. The van der Waals surface area contributed by atoms with Gasteiger partial charge in [-0.2, -0.15) is 5.10 Å². The summed E-state index contributed by atoms with van der Waals surface area (Å²) in [5.41, 5.74) is -0.174. The van der Waals surface area contributed by atoms with E-state index in [2.05, 4.69) is 5.10 Å². The van der Waals surface area contributed by atoms with Crippen molar-refractivity contribution < 1.29 is 14.3 Å². The molecule has 1 amide bonds. The van der Waals surface area contributed by atoms with Crippen molar-refractivity contribution in [2.24, 2.45) is 5.92 Å². The van der Waals surface area contributed by atoms with E-state index in [9.17, 15) is 14.4 Å². The number of likely N-dealkylation sites (tertiary alicyclic amines) is 1.